The van der Waals surface area contributed by atoms with Crippen molar-refractivity contribution in [1.29, 1.82) is 0 Å². The van der Waals surface area contributed by atoms with Crippen molar-refractivity contribution in [2.24, 2.45) is 0 Å². The van der Waals surface area contributed by atoms with E-state index in [1.807, 2.05) is 50.2 Å². The monoisotopic (exact) mass is 318 g/mol. The lowest BCUT2D eigenvalue weighted by molar-refractivity contribution is -0.141. The van der Waals surface area contributed by atoms with Gasteiger partial charge >= 0.3 is 5.97 Å². The van der Waals surface area contributed by atoms with Crippen molar-refractivity contribution in [2.75, 3.05) is 40.8 Å². The first-order chi connectivity index (χ1) is 10.9. The van der Waals surface area contributed by atoms with Crippen LogP contribution in [0.5, 0.6) is 0 Å². The number of amides is 1. The second kappa shape index (κ2) is 9.79. The lowest BCUT2D eigenvalue weighted by atomic mass is 10.1. The van der Waals surface area contributed by atoms with Crippen LogP contribution in [-0.4, -0.2) is 62.5 Å². The normalized spacial score (nSPS) is 11.0. The molecule has 126 valence electrons. The van der Waals surface area contributed by atoms with Gasteiger partial charge in [0.25, 0.3) is 0 Å². The third-order valence-electron chi connectivity index (χ3n) is 3.44. The molecule has 5 nitrogen and oxygen atoms in total. The fourth-order valence-electron chi connectivity index (χ4n) is 1.93. The average Bonchev–Trinajstić information content (AvgIpc) is 2.53. The summed E-state index contributed by atoms with van der Waals surface area (Å²) in [6, 6.07) is 7.95. The third kappa shape index (κ3) is 7.61. The van der Waals surface area contributed by atoms with Crippen molar-refractivity contribution >= 4 is 18.0 Å². The highest BCUT2D eigenvalue weighted by atomic mass is 16.5. The van der Waals surface area contributed by atoms with E-state index < -0.39 is 0 Å². The number of carbonyl (C=O) groups excluding carboxylic acids is 2. The van der Waals surface area contributed by atoms with Crippen LogP contribution < -0.4 is 0 Å². The van der Waals surface area contributed by atoms with Crippen LogP contribution in [0.4, 0.5) is 0 Å². The van der Waals surface area contributed by atoms with Crippen molar-refractivity contribution in [3.8, 4) is 0 Å². The number of hydrogen-bond donors (Lipinski definition) is 0. The number of likely N-dealkylation sites (N-methyl/N-ethyl adjacent to an activating group) is 1. The van der Waals surface area contributed by atoms with Crippen molar-refractivity contribution in [3.05, 3.63) is 41.5 Å². The molecule has 23 heavy (non-hydrogen) atoms. The maximum Gasteiger partial charge on any atom is 0.307 e. The molecule has 0 N–H and O–H groups in total. The van der Waals surface area contributed by atoms with Gasteiger partial charge in [0.2, 0.25) is 5.91 Å². The van der Waals surface area contributed by atoms with Crippen molar-refractivity contribution in [3.63, 3.8) is 0 Å². The molecule has 1 rings (SSSR count). The summed E-state index contributed by atoms with van der Waals surface area (Å²) in [4.78, 5) is 27.3. The molecule has 1 aromatic carbocycles. The van der Waals surface area contributed by atoms with Crippen LogP contribution in [0.1, 0.15) is 17.5 Å². The lowest BCUT2D eigenvalue weighted by Crippen LogP contribution is -2.37. The summed E-state index contributed by atoms with van der Waals surface area (Å²) < 4.78 is 4.64. The van der Waals surface area contributed by atoms with Crippen LogP contribution in [0.2, 0.25) is 0 Å². The zero-order valence-corrected chi connectivity index (χ0v) is 14.4. The summed E-state index contributed by atoms with van der Waals surface area (Å²) in [5.41, 5.74) is 2.16. The Morgan fingerprint density at radius 3 is 2.30 bits per heavy atom. The zero-order chi connectivity index (χ0) is 17.2. The van der Waals surface area contributed by atoms with E-state index in [1.54, 1.807) is 17.1 Å². The Bertz CT molecular complexity index is 536. The number of rotatable bonds is 8. The Kier molecular flexibility index (Phi) is 8.05. The minimum Gasteiger partial charge on any atom is -0.469 e. The Balaban J connectivity index is 2.68. The third-order valence-corrected chi connectivity index (χ3v) is 3.44. The molecule has 0 atom stereocenters. The first kappa shape index (κ1) is 18.9. The summed E-state index contributed by atoms with van der Waals surface area (Å²) in [6.45, 7) is 3.69. The maximum atomic E-state index is 12.4. The van der Waals surface area contributed by atoms with Crippen LogP contribution >= 0.6 is 0 Å². The number of esters is 1. The number of aryl methyl sites for hydroxylation is 1. The van der Waals surface area contributed by atoms with Gasteiger partial charge in [-0.3, -0.25) is 9.59 Å². The summed E-state index contributed by atoms with van der Waals surface area (Å²) in [5, 5.41) is 0. The molecular weight excluding hydrogens is 292 g/mol. The maximum absolute atomic E-state index is 12.4. The van der Waals surface area contributed by atoms with E-state index in [-0.39, 0.29) is 18.3 Å². The Morgan fingerprint density at radius 2 is 1.74 bits per heavy atom. The smallest absolute Gasteiger partial charge is 0.307 e. The number of methoxy groups -OCH3 is 1. The molecule has 0 aromatic heterocycles. The molecule has 0 bridgehead atoms. The molecule has 0 heterocycles. The molecule has 0 radical (unpaired) electrons. The van der Waals surface area contributed by atoms with Gasteiger partial charge in [0.1, 0.15) is 0 Å². The fraction of sp³-hybridized carbons (Fsp3) is 0.444. The van der Waals surface area contributed by atoms with Crippen molar-refractivity contribution < 1.29 is 14.3 Å². The SMILES string of the molecule is COC(=O)CCN(CCN(C)C)C(=O)/C=C/c1ccc(C)cc1. The van der Waals surface area contributed by atoms with Gasteiger partial charge in [-0.05, 0) is 32.7 Å². The summed E-state index contributed by atoms with van der Waals surface area (Å²) in [5.74, 6) is -0.411. The average molecular weight is 318 g/mol. The Morgan fingerprint density at radius 1 is 1.09 bits per heavy atom. The van der Waals surface area contributed by atoms with Gasteiger partial charge in [0, 0.05) is 25.7 Å². The van der Waals surface area contributed by atoms with Crippen molar-refractivity contribution in [2.45, 2.75) is 13.3 Å². The number of carbonyl (C=O) groups is 2. The van der Waals surface area contributed by atoms with Gasteiger partial charge < -0.3 is 14.5 Å². The van der Waals surface area contributed by atoms with E-state index in [4.69, 9.17) is 0 Å². The van der Waals surface area contributed by atoms with Crippen LogP contribution in [-0.2, 0) is 14.3 Å². The van der Waals surface area contributed by atoms with Gasteiger partial charge in [-0.15, -0.1) is 0 Å². The van der Waals surface area contributed by atoms with E-state index >= 15 is 0 Å². The first-order valence-corrected chi connectivity index (χ1v) is 7.67. The van der Waals surface area contributed by atoms with Crippen LogP contribution in [0.15, 0.2) is 30.3 Å². The second-order valence-electron chi connectivity index (χ2n) is 5.70. The minimum atomic E-state index is -0.310. The van der Waals surface area contributed by atoms with Gasteiger partial charge in [0.05, 0.1) is 13.5 Å². The van der Waals surface area contributed by atoms with E-state index in [9.17, 15) is 9.59 Å². The molecular formula is C18H26N2O3. The standard InChI is InChI=1S/C18H26N2O3/c1-15-5-7-16(8-6-15)9-10-17(21)20(14-13-19(2)3)12-11-18(22)23-4/h5-10H,11-14H2,1-4H3/b10-9+. The van der Waals surface area contributed by atoms with Crippen LogP contribution in [0.25, 0.3) is 6.08 Å². The molecule has 1 amide bonds. The summed E-state index contributed by atoms with van der Waals surface area (Å²) >= 11 is 0. The number of nitrogens with zero attached hydrogens (tertiary/aromatic N) is 2. The van der Waals surface area contributed by atoms with Crippen LogP contribution in [0.3, 0.4) is 0 Å². The van der Waals surface area contributed by atoms with Gasteiger partial charge in [-0.1, -0.05) is 29.8 Å². The molecule has 5 heteroatoms. The van der Waals surface area contributed by atoms with Crippen molar-refractivity contribution in [1.82, 2.24) is 9.80 Å². The largest absolute Gasteiger partial charge is 0.469 e. The fourth-order valence-corrected chi connectivity index (χ4v) is 1.93. The predicted octanol–water partition coefficient (Wildman–Crippen LogP) is 1.96. The predicted molar refractivity (Wildman–Crippen MR) is 92.0 cm³/mol. The van der Waals surface area contributed by atoms with E-state index in [1.165, 1.54) is 12.7 Å². The number of hydrogen-bond acceptors (Lipinski definition) is 4. The Hall–Kier alpha value is -2.14. The number of ether oxygens (including phenoxy) is 1. The highest BCUT2D eigenvalue weighted by molar-refractivity contribution is 5.92. The minimum absolute atomic E-state index is 0.101. The zero-order valence-electron chi connectivity index (χ0n) is 14.4. The molecule has 0 aliphatic heterocycles. The van der Waals surface area contributed by atoms with E-state index in [0.29, 0.717) is 13.1 Å². The molecule has 0 saturated heterocycles. The van der Waals surface area contributed by atoms with Gasteiger partial charge in [-0.2, -0.15) is 0 Å². The Labute approximate surface area is 138 Å². The topological polar surface area (TPSA) is 49.9 Å². The molecule has 0 fully saturated rings. The lowest BCUT2D eigenvalue weighted by Gasteiger charge is -2.22. The number of benzene rings is 1. The molecule has 0 saturated carbocycles. The van der Waals surface area contributed by atoms with Gasteiger partial charge in [0.15, 0.2) is 0 Å². The highest BCUT2D eigenvalue weighted by Crippen LogP contribution is 2.06. The highest BCUT2D eigenvalue weighted by Gasteiger charge is 2.13. The molecule has 0 aliphatic rings. The molecule has 1 aromatic rings. The molecule has 0 aliphatic carbocycles. The summed E-state index contributed by atoms with van der Waals surface area (Å²) in [7, 11) is 5.25. The van der Waals surface area contributed by atoms with Gasteiger partial charge in [-0.25, -0.2) is 0 Å². The summed E-state index contributed by atoms with van der Waals surface area (Å²) in [6.07, 6.45) is 3.55. The molecule has 0 spiro atoms. The van der Waals surface area contributed by atoms with Crippen LogP contribution in [0, 0.1) is 6.92 Å². The molecule has 0 unspecified atom stereocenters. The van der Waals surface area contributed by atoms with E-state index in [0.717, 1.165) is 12.1 Å². The first-order valence-electron chi connectivity index (χ1n) is 7.67. The quantitative estimate of drug-likeness (QED) is 0.543. The second-order valence-corrected chi connectivity index (χ2v) is 5.70. The van der Waals surface area contributed by atoms with E-state index in [2.05, 4.69) is 4.74 Å².